The molecule has 0 unspecified atom stereocenters. The van der Waals surface area contributed by atoms with E-state index in [1.54, 1.807) is 14.2 Å². The molecule has 0 bridgehead atoms. The van der Waals surface area contributed by atoms with Crippen LogP contribution < -0.4 is 4.74 Å². The number of hydrogen-bond acceptors (Lipinski definition) is 5. The standard InChI is InChI=1S/C21H29N3O3/c1-26-14-17-10-15(4-7-20(17)27-2)12-23-8-3-9-24-18(13-23)11-19(22-24)21(25)16-5-6-16/h4,7,10-11,16,21,25H,3,5-6,8-9,12-14H2,1-2H3/t21-/m0/s1. The van der Waals surface area contributed by atoms with Crippen LogP contribution in [0.15, 0.2) is 24.3 Å². The predicted octanol–water partition coefficient (Wildman–Crippen LogP) is 2.89. The van der Waals surface area contributed by atoms with Gasteiger partial charge in [-0.2, -0.15) is 5.10 Å². The zero-order valence-electron chi connectivity index (χ0n) is 16.2. The van der Waals surface area contributed by atoms with E-state index in [4.69, 9.17) is 9.47 Å². The highest BCUT2D eigenvalue weighted by Gasteiger charge is 2.33. The molecule has 1 aliphatic carbocycles. The number of methoxy groups -OCH3 is 2. The van der Waals surface area contributed by atoms with Crippen molar-refractivity contribution in [2.45, 2.75) is 51.6 Å². The second kappa shape index (κ2) is 8.00. The molecule has 1 N–H and O–H groups in total. The summed E-state index contributed by atoms with van der Waals surface area (Å²) >= 11 is 0. The van der Waals surface area contributed by atoms with Gasteiger partial charge in [0, 0.05) is 38.9 Å². The third kappa shape index (κ3) is 4.18. The van der Waals surface area contributed by atoms with Crippen LogP contribution in [0, 0.1) is 5.92 Å². The van der Waals surface area contributed by atoms with Crippen molar-refractivity contribution in [2.75, 3.05) is 20.8 Å². The normalized spacial score (nSPS) is 18.8. The Kier molecular flexibility index (Phi) is 5.48. The lowest BCUT2D eigenvalue weighted by Gasteiger charge is -2.20. The lowest BCUT2D eigenvalue weighted by atomic mass is 10.1. The van der Waals surface area contributed by atoms with E-state index in [1.807, 2.05) is 6.07 Å². The minimum Gasteiger partial charge on any atom is -0.496 e. The van der Waals surface area contributed by atoms with E-state index < -0.39 is 6.10 Å². The predicted molar refractivity (Wildman–Crippen MR) is 102 cm³/mol. The van der Waals surface area contributed by atoms with Gasteiger partial charge in [-0.15, -0.1) is 0 Å². The van der Waals surface area contributed by atoms with Crippen molar-refractivity contribution >= 4 is 0 Å². The average molecular weight is 371 g/mol. The Balaban J connectivity index is 1.48. The molecule has 6 nitrogen and oxygen atoms in total. The Morgan fingerprint density at radius 1 is 1.22 bits per heavy atom. The molecule has 1 fully saturated rings. The molecule has 2 aliphatic rings. The maximum Gasteiger partial charge on any atom is 0.124 e. The van der Waals surface area contributed by atoms with Gasteiger partial charge >= 0.3 is 0 Å². The van der Waals surface area contributed by atoms with Crippen LogP contribution in [0.5, 0.6) is 5.75 Å². The molecular weight excluding hydrogens is 342 g/mol. The number of hydrogen-bond donors (Lipinski definition) is 1. The first-order chi connectivity index (χ1) is 13.2. The highest BCUT2D eigenvalue weighted by Crippen LogP contribution is 2.40. The molecule has 1 aromatic carbocycles. The first-order valence-electron chi connectivity index (χ1n) is 9.79. The lowest BCUT2D eigenvalue weighted by Crippen LogP contribution is -2.22. The average Bonchev–Trinajstić information content (AvgIpc) is 3.46. The molecule has 0 saturated heterocycles. The van der Waals surface area contributed by atoms with Crippen molar-refractivity contribution < 1.29 is 14.6 Å². The molecule has 6 heteroatoms. The summed E-state index contributed by atoms with van der Waals surface area (Å²) in [4.78, 5) is 2.45. The van der Waals surface area contributed by atoms with Crippen molar-refractivity contribution in [2.24, 2.45) is 5.92 Å². The SMILES string of the molecule is COCc1cc(CN2CCCn3nc([C@@H](O)C4CC4)cc3C2)ccc1OC. The molecule has 2 aromatic rings. The number of fused-ring (bicyclic) bond motifs is 1. The van der Waals surface area contributed by atoms with Crippen LogP contribution in [0.3, 0.4) is 0 Å². The van der Waals surface area contributed by atoms with Gasteiger partial charge in [0.25, 0.3) is 0 Å². The number of aryl methyl sites for hydroxylation is 1. The topological polar surface area (TPSA) is 59.8 Å². The molecule has 1 aliphatic heterocycles. The number of nitrogens with zero attached hydrogens (tertiary/aromatic N) is 3. The molecule has 146 valence electrons. The van der Waals surface area contributed by atoms with Crippen molar-refractivity contribution in [3.63, 3.8) is 0 Å². The van der Waals surface area contributed by atoms with E-state index in [2.05, 4.69) is 32.9 Å². The summed E-state index contributed by atoms with van der Waals surface area (Å²) < 4.78 is 12.8. The number of aliphatic hydroxyl groups excluding tert-OH is 1. The Morgan fingerprint density at radius 3 is 2.81 bits per heavy atom. The van der Waals surface area contributed by atoms with Crippen LogP contribution in [0.25, 0.3) is 0 Å². The summed E-state index contributed by atoms with van der Waals surface area (Å²) in [6.07, 6.45) is 2.92. The molecule has 0 radical (unpaired) electrons. The summed E-state index contributed by atoms with van der Waals surface area (Å²) in [6.45, 7) is 4.24. The summed E-state index contributed by atoms with van der Waals surface area (Å²) in [5, 5.41) is 15.1. The number of rotatable bonds is 7. The van der Waals surface area contributed by atoms with Crippen LogP contribution in [-0.2, 0) is 31.0 Å². The van der Waals surface area contributed by atoms with Gasteiger partial charge in [0.05, 0.1) is 25.1 Å². The zero-order valence-corrected chi connectivity index (χ0v) is 16.2. The highest BCUT2D eigenvalue weighted by molar-refractivity contribution is 5.37. The van der Waals surface area contributed by atoms with E-state index in [0.717, 1.165) is 62.4 Å². The maximum absolute atomic E-state index is 10.4. The van der Waals surface area contributed by atoms with Gasteiger partial charge in [-0.25, -0.2) is 0 Å². The van der Waals surface area contributed by atoms with E-state index >= 15 is 0 Å². The fourth-order valence-corrected chi connectivity index (χ4v) is 3.94. The number of aliphatic hydroxyl groups is 1. The minimum atomic E-state index is -0.393. The van der Waals surface area contributed by atoms with E-state index in [9.17, 15) is 5.11 Å². The van der Waals surface area contributed by atoms with Gasteiger partial charge in [-0.3, -0.25) is 9.58 Å². The molecule has 1 aromatic heterocycles. The molecule has 0 spiro atoms. The summed E-state index contributed by atoms with van der Waals surface area (Å²) in [7, 11) is 3.40. The molecule has 1 saturated carbocycles. The van der Waals surface area contributed by atoms with Gasteiger partial charge in [-0.05, 0) is 48.9 Å². The van der Waals surface area contributed by atoms with E-state index in [1.165, 1.54) is 11.3 Å². The van der Waals surface area contributed by atoms with Crippen molar-refractivity contribution in [1.29, 1.82) is 0 Å². The number of aromatic nitrogens is 2. The van der Waals surface area contributed by atoms with E-state index in [0.29, 0.717) is 12.5 Å². The molecule has 27 heavy (non-hydrogen) atoms. The largest absolute Gasteiger partial charge is 0.496 e. The Hall–Kier alpha value is -1.89. The number of benzene rings is 1. The van der Waals surface area contributed by atoms with Gasteiger partial charge in [-0.1, -0.05) is 6.07 Å². The number of ether oxygens (including phenoxy) is 2. The summed E-state index contributed by atoms with van der Waals surface area (Å²) in [5.74, 6) is 1.28. The first kappa shape index (κ1) is 18.5. The van der Waals surface area contributed by atoms with Gasteiger partial charge in [0.1, 0.15) is 11.9 Å². The third-order valence-corrected chi connectivity index (χ3v) is 5.53. The Bertz CT molecular complexity index is 785. The first-order valence-corrected chi connectivity index (χ1v) is 9.79. The van der Waals surface area contributed by atoms with Crippen molar-refractivity contribution in [1.82, 2.24) is 14.7 Å². The van der Waals surface area contributed by atoms with Gasteiger partial charge < -0.3 is 14.6 Å². The minimum absolute atomic E-state index is 0.393. The van der Waals surface area contributed by atoms with Crippen LogP contribution in [0.4, 0.5) is 0 Å². The zero-order chi connectivity index (χ0) is 18.8. The fourth-order valence-electron chi connectivity index (χ4n) is 3.94. The Labute approximate surface area is 160 Å². The molecule has 2 heterocycles. The van der Waals surface area contributed by atoms with Crippen LogP contribution in [0.2, 0.25) is 0 Å². The van der Waals surface area contributed by atoms with Crippen molar-refractivity contribution in [3.8, 4) is 5.75 Å². The quantitative estimate of drug-likeness (QED) is 0.811. The van der Waals surface area contributed by atoms with Crippen LogP contribution in [-0.4, -0.2) is 40.6 Å². The monoisotopic (exact) mass is 371 g/mol. The third-order valence-electron chi connectivity index (χ3n) is 5.53. The second-order valence-electron chi connectivity index (χ2n) is 7.71. The molecule has 1 atom stereocenters. The molecule has 0 amide bonds. The van der Waals surface area contributed by atoms with Crippen LogP contribution in [0.1, 0.15) is 47.9 Å². The van der Waals surface area contributed by atoms with E-state index in [-0.39, 0.29) is 0 Å². The van der Waals surface area contributed by atoms with Gasteiger partial charge in [0.15, 0.2) is 0 Å². The maximum atomic E-state index is 10.4. The second-order valence-corrected chi connectivity index (χ2v) is 7.71. The highest BCUT2D eigenvalue weighted by atomic mass is 16.5. The van der Waals surface area contributed by atoms with Crippen LogP contribution >= 0.6 is 0 Å². The summed E-state index contributed by atoms with van der Waals surface area (Å²) in [5.41, 5.74) is 4.38. The molecule has 4 rings (SSSR count). The Morgan fingerprint density at radius 2 is 2.07 bits per heavy atom. The smallest absolute Gasteiger partial charge is 0.124 e. The summed E-state index contributed by atoms with van der Waals surface area (Å²) in [6, 6.07) is 8.43. The van der Waals surface area contributed by atoms with Crippen molar-refractivity contribution in [3.05, 3.63) is 46.8 Å². The lowest BCUT2D eigenvalue weighted by molar-refractivity contribution is 0.148. The molecular formula is C21H29N3O3. The fraction of sp³-hybridized carbons (Fsp3) is 0.571. The van der Waals surface area contributed by atoms with Gasteiger partial charge in [0.2, 0.25) is 0 Å².